The summed E-state index contributed by atoms with van der Waals surface area (Å²) in [5.74, 6) is -0.391. The van der Waals surface area contributed by atoms with Crippen molar-refractivity contribution in [3.05, 3.63) is 48.0 Å². The topological polar surface area (TPSA) is 56.2 Å². The minimum atomic E-state index is -0.356. The smallest absolute Gasteiger partial charge is 0.253 e. The second-order valence-corrected chi connectivity index (χ2v) is 5.04. The summed E-state index contributed by atoms with van der Waals surface area (Å²) in [6.45, 7) is 1.16. The van der Waals surface area contributed by atoms with Gasteiger partial charge in [-0.3, -0.25) is 9.48 Å². The number of amides is 1. The number of halogens is 1. The van der Waals surface area contributed by atoms with Gasteiger partial charge in [0.25, 0.3) is 5.91 Å². The van der Waals surface area contributed by atoms with Crippen LogP contribution in [0.5, 0.6) is 0 Å². The highest BCUT2D eigenvalue weighted by Gasteiger charge is 2.23. The van der Waals surface area contributed by atoms with E-state index in [9.17, 15) is 9.18 Å². The summed E-state index contributed by atoms with van der Waals surface area (Å²) in [5.41, 5.74) is 1.58. The van der Waals surface area contributed by atoms with Crippen LogP contribution in [0.25, 0.3) is 0 Å². The molecule has 1 amide bonds. The molecule has 1 aliphatic rings. The number of rotatable bonds is 4. The molecular weight excluding hydrogens is 273 g/mol. The van der Waals surface area contributed by atoms with Crippen LogP contribution in [0, 0.1) is 5.82 Å². The van der Waals surface area contributed by atoms with Gasteiger partial charge >= 0.3 is 0 Å². The normalized spacial score (nSPS) is 17.9. The lowest BCUT2D eigenvalue weighted by Crippen LogP contribution is -2.26. The van der Waals surface area contributed by atoms with E-state index in [2.05, 4.69) is 10.4 Å². The van der Waals surface area contributed by atoms with Crippen molar-refractivity contribution in [2.75, 3.05) is 11.9 Å². The number of ether oxygens (including phenoxy) is 1. The minimum absolute atomic E-state index is 0.131. The molecule has 1 saturated heterocycles. The van der Waals surface area contributed by atoms with Gasteiger partial charge in [-0.15, -0.1) is 0 Å². The summed E-state index contributed by atoms with van der Waals surface area (Å²) < 4.78 is 19.9. The molecule has 0 saturated carbocycles. The van der Waals surface area contributed by atoms with Gasteiger partial charge in [-0.05, 0) is 30.5 Å². The fourth-order valence-electron chi connectivity index (χ4n) is 2.30. The van der Waals surface area contributed by atoms with Gasteiger partial charge in [-0.25, -0.2) is 4.39 Å². The quantitative estimate of drug-likeness (QED) is 0.938. The van der Waals surface area contributed by atoms with E-state index >= 15 is 0 Å². The summed E-state index contributed by atoms with van der Waals surface area (Å²) >= 11 is 0. The predicted molar refractivity (Wildman–Crippen MR) is 75.3 cm³/mol. The molecule has 1 aromatic carbocycles. The molecule has 0 bridgehead atoms. The first kappa shape index (κ1) is 13.8. The molecule has 2 heterocycles. The highest BCUT2D eigenvalue weighted by molar-refractivity contribution is 5.94. The Morgan fingerprint density at radius 3 is 2.95 bits per heavy atom. The molecule has 1 unspecified atom stereocenters. The Balaban J connectivity index is 1.60. The molecule has 3 rings (SSSR count). The van der Waals surface area contributed by atoms with Crippen LogP contribution in [0.4, 0.5) is 10.1 Å². The van der Waals surface area contributed by atoms with Crippen molar-refractivity contribution in [1.82, 2.24) is 9.78 Å². The largest absolute Gasteiger partial charge is 0.368 e. The van der Waals surface area contributed by atoms with Gasteiger partial charge in [0.15, 0.2) is 0 Å². The number of hydrogen-bond donors (Lipinski definition) is 1. The molecule has 5 nitrogen and oxygen atoms in total. The zero-order valence-electron chi connectivity index (χ0n) is 11.5. The third-order valence-corrected chi connectivity index (χ3v) is 3.38. The van der Waals surface area contributed by atoms with E-state index in [1.807, 2.05) is 0 Å². The number of carbonyl (C=O) groups is 1. The summed E-state index contributed by atoms with van der Waals surface area (Å²) in [7, 11) is 0. The van der Waals surface area contributed by atoms with Crippen molar-refractivity contribution in [3.8, 4) is 0 Å². The standard InChI is InChI=1S/C15H16FN3O2/c16-12-5-3-11(4-6-12)9-19-10-13(8-17-19)18-15(20)14-2-1-7-21-14/h3-6,8,10,14H,1-2,7,9H2,(H,18,20). The third-order valence-electron chi connectivity index (χ3n) is 3.38. The summed E-state index contributed by atoms with van der Waals surface area (Å²) in [6.07, 6.45) is 4.66. The Labute approximate surface area is 121 Å². The molecule has 1 fully saturated rings. The van der Waals surface area contributed by atoms with Gasteiger partial charge in [0, 0.05) is 12.8 Å². The van der Waals surface area contributed by atoms with Crippen molar-refractivity contribution in [3.63, 3.8) is 0 Å². The Bertz CT molecular complexity index is 618. The van der Waals surface area contributed by atoms with E-state index in [0.29, 0.717) is 18.8 Å². The van der Waals surface area contributed by atoms with E-state index in [0.717, 1.165) is 18.4 Å². The number of nitrogens with one attached hydrogen (secondary N) is 1. The number of carbonyl (C=O) groups excluding carboxylic acids is 1. The van der Waals surface area contributed by atoms with Crippen LogP contribution in [0.3, 0.4) is 0 Å². The van der Waals surface area contributed by atoms with Gasteiger partial charge in [-0.2, -0.15) is 5.10 Å². The van der Waals surface area contributed by atoms with Crippen molar-refractivity contribution in [2.45, 2.75) is 25.5 Å². The number of anilines is 1. The average molecular weight is 289 g/mol. The first-order chi connectivity index (χ1) is 10.2. The van der Waals surface area contributed by atoms with Crippen LogP contribution >= 0.6 is 0 Å². The molecule has 0 spiro atoms. The fourth-order valence-corrected chi connectivity index (χ4v) is 2.30. The second kappa shape index (κ2) is 6.05. The fraction of sp³-hybridized carbons (Fsp3) is 0.333. The molecule has 110 valence electrons. The Morgan fingerprint density at radius 2 is 2.24 bits per heavy atom. The first-order valence-corrected chi connectivity index (χ1v) is 6.90. The van der Waals surface area contributed by atoms with Crippen LogP contribution in [0.15, 0.2) is 36.7 Å². The lowest BCUT2D eigenvalue weighted by molar-refractivity contribution is -0.124. The molecule has 1 aromatic heterocycles. The highest BCUT2D eigenvalue weighted by atomic mass is 19.1. The lowest BCUT2D eigenvalue weighted by atomic mass is 10.2. The molecular formula is C15H16FN3O2. The summed E-state index contributed by atoms with van der Waals surface area (Å²) in [6, 6.07) is 6.25. The molecule has 1 aliphatic heterocycles. The van der Waals surface area contributed by atoms with Crippen LogP contribution < -0.4 is 5.32 Å². The van der Waals surface area contributed by atoms with Crippen LogP contribution in [0.1, 0.15) is 18.4 Å². The van der Waals surface area contributed by atoms with Crippen LogP contribution in [0.2, 0.25) is 0 Å². The van der Waals surface area contributed by atoms with E-state index in [1.165, 1.54) is 12.1 Å². The van der Waals surface area contributed by atoms with Crippen molar-refractivity contribution in [1.29, 1.82) is 0 Å². The summed E-state index contributed by atoms with van der Waals surface area (Å²) in [4.78, 5) is 11.9. The monoisotopic (exact) mass is 289 g/mol. The van der Waals surface area contributed by atoms with E-state index in [1.54, 1.807) is 29.2 Å². The Kier molecular flexibility index (Phi) is 3.96. The minimum Gasteiger partial charge on any atom is -0.368 e. The van der Waals surface area contributed by atoms with Gasteiger partial charge in [-0.1, -0.05) is 12.1 Å². The van der Waals surface area contributed by atoms with E-state index < -0.39 is 0 Å². The zero-order valence-corrected chi connectivity index (χ0v) is 11.5. The number of benzene rings is 1. The SMILES string of the molecule is O=C(Nc1cnn(Cc2ccc(F)cc2)c1)C1CCCO1. The maximum atomic E-state index is 12.8. The first-order valence-electron chi connectivity index (χ1n) is 6.90. The van der Waals surface area contributed by atoms with Crippen molar-refractivity contribution >= 4 is 11.6 Å². The maximum Gasteiger partial charge on any atom is 0.253 e. The van der Waals surface area contributed by atoms with Gasteiger partial charge in [0.05, 0.1) is 18.4 Å². The maximum absolute atomic E-state index is 12.8. The second-order valence-electron chi connectivity index (χ2n) is 5.04. The Morgan fingerprint density at radius 1 is 1.43 bits per heavy atom. The highest BCUT2D eigenvalue weighted by Crippen LogP contribution is 2.15. The van der Waals surface area contributed by atoms with E-state index in [4.69, 9.17) is 4.74 Å². The van der Waals surface area contributed by atoms with Crippen molar-refractivity contribution < 1.29 is 13.9 Å². The number of aromatic nitrogens is 2. The summed E-state index contributed by atoms with van der Waals surface area (Å²) in [5, 5.41) is 6.97. The Hall–Kier alpha value is -2.21. The van der Waals surface area contributed by atoms with Crippen LogP contribution in [-0.4, -0.2) is 28.4 Å². The number of hydrogen-bond acceptors (Lipinski definition) is 3. The van der Waals surface area contributed by atoms with E-state index in [-0.39, 0.29) is 17.8 Å². The van der Waals surface area contributed by atoms with Gasteiger partial charge < -0.3 is 10.1 Å². The van der Waals surface area contributed by atoms with Crippen LogP contribution in [-0.2, 0) is 16.1 Å². The predicted octanol–water partition coefficient (Wildman–Crippen LogP) is 2.19. The van der Waals surface area contributed by atoms with Crippen molar-refractivity contribution in [2.24, 2.45) is 0 Å². The average Bonchev–Trinajstić information content (AvgIpc) is 3.13. The lowest BCUT2D eigenvalue weighted by Gasteiger charge is -2.08. The number of nitrogens with zero attached hydrogens (tertiary/aromatic N) is 2. The molecule has 1 atom stereocenters. The van der Waals surface area contributed by atoms with Gasteiger partial charge in [0.2, 0.25) is 0 Å². The molecule has 2 aromatic rings. The molecule has 0 aliphatic carbocycles. The van der Waals surface area contributed by atoms with Gasteiger partial charge in [0.1, 0.15) is 11.9 Å². The third kappa shape index (κ3) is 3.46. The molecule has 0 radical (unpaired) electrons. The molecule has 6 heteroatoms. The zero-order chi connectivity index (χ0) is 14.7. The molecule has 21 heavy (non-hydrogen) atoms. The molecule has 1 N–H and O–H groups in total.